The first-order valence-corrected chi connectivity index (χ1v) is 8.09. The summed E-state index contributed by atoms with van der Waals surface area (Å²) in [4.78, 5) is 15.7. The smallest absolute Gasteiger partial charge is 0.252 e. The van der Waals surface area contributed by atoms with E-state index in [1.54, 1.807) is 37.5 Å². The van der Waals surface area contributed by atoms with Crippen molar-refractivity contribution in [2.45, 2.75) is 6.92 Å². The Morgan fingerprint density at radius 1 is 1.07 bits per heavy atom. The van der Waals surface area contributed by atoms with Gasteiger partial charge in [-0.1, -0.05) is 6.07 Å². The molecule has 0 unspecified atom stereocenters. The van der Waals surface area contributed by atoms with Crippen molar-refractivity contribution in [3.63, 3.8) is 0 Å². The highest BCUT2D eigenvalue weighted by molar-refractivity contribution is 5.66. The van der Waals surface area contributed by atoms with Crippen LogP contribution in [0.3, 0.4) is 0 Å². The van der Waals surface area contributed by atoms with Crippen LogP contribution in [0, 0.1) is 13.5 Å². The van der Waals surface area contributed by atoms with E-state index < -0.39 is 0 Å². The summed E-state index contributed by atoms with van der Waals surface area (Å²) >= 11 is 0. The predicted molar refractivity (Wildman–Crippen MR) is 100 cm³/mol. The van der Waals surface area contributed by atoms with E-state index in [-0.39, 0.29) is 17.3 Å². The highest BCUT2D eigenvalue weighted by Crippen LogP contribution is 2.34. The van der Waals surface area contributed by atoms with Gasteiger partial charge in [0, 0.05) is 18.5 Å². The molecule has 0 atom stereocenters. The molecule has 4 aromatic heterocycles. The number of hydrogen-bond acceptors (Lipinski definition) is 8. The van der Waals surface area contributed by atoms with Crippen LogP contribution in [0.25, 0.3) is 16.5 Å². The summed E-state index contributed by atoms with van der Waals surface area (Å²) in [6.45, 7) is 9.10. The highest BCUT2D eigenvalue weighted by atomic mass is 15.4. The lowest BCUT2D eigenvalue weighted by Gasteiger charge is -2.02. The van der Waals surface area contributed by atoms with Gasteiger partial charge in [0.15, 0.2) is 29.0 Å². The molecular weight excluding hydrogens is 358 g/mol. The number of nitrogens with zero attached hydrogens (tertiary/aromatic N) is 10. The number of pyridine rings is 1. The monoisotopic (exact) mass is 371 g/mol. The second-order valence-electron chi connectivity index (χ2n) is 5.56. The molecule has 0 aliphatic heterocycles. The Labute approximate surface area is 159 Å². The fourth-order valence-electron chi connectivity index (χ4n) is 2.49. The van der Waals surface area contributed by atoms with Crippen molar-refractivity contribution in [1.82, 2.24) is 34.5 Å². The lowest BCUT2D eigenvalue weighted by atomic mass is 10.4. The molecule has 0 aliphatic rings. The zero-order valence-corrected chi connectivity index (χ0v) is 14.7. The van der Waals surface area contributed by atoms with E-state index in [0.29, 0.717) is 23.0 Å². The molecule has 0 fully saturated rings. The second kappa shape index (κ2) is 7.04. The molecule has 0 aromatic carbocycles. The van der Waals surface area contributed by atoms with Gasteiger partial charge in [-0.15, -0.1) is 10.2 Å². The molecule has 4 heterocycles. The third-order valence-corrected chi connectivity index (χ3v) is 3.80. The molecular formula is C17H13N11. The van der Waals surface area contributed by atoms with Gasteiger partial charge in [-0.25, -0.2) is 24.5 Å². The summed E-state index contributed by atoms with van der Waals surface area (Å²) in [5, 5.41) is 17.0. The molecule has 0 spiro atoms. The van der Waals surface area contributed by atoms with Crippen LogP contribution in [0.4, 0.5) is 23.0 Å². The fraction of sp³-hybridized carbons (Fsp3) is 0.0588. The van der Waals surface area contributed by atoms with Crippen LogP contribution in [0.1, 0.15) is 5.69 Å². The van der Waals surface area contributed by atoms with Crippen LogP contribution in [0.5, 0.6) is 0 Å². The van der Waals surface area contributed by atoms with Crippen molar-refractivity contribution < 1.29 is 0 Å². The molecule has 11 nitrogen and oxygen atoms in total. The van der Waals surface area contributed by atoms with Crippen molar-refractivity contribution >= 4 is 23.0 Å². The molecule has 0 bridgehead atoms. The molecule has 0 amide bonds. The SMILES string of the molecule is [C-]#[N+]c1cnn(-c2ccncn2)c1N=Nc1c(C)nn(-c2ccccn2)c1N. The lowest BCUT2D eigenvalue weighted by molar-refractivity contribution is 0.833. The van der Waals surface area contributed by atoms with Gasteiger partial charge in [0.2, 0.25) is 0 Å². The summed E-state index contributed by atoms with van der Waals surface area (Å²) in [6, 6.07) is 7.07. The van der Waals surface area contributed by atoms with Crippen molar-refractivity contribution in [3.05, 3.63) is 66.3 Å². The number of aromatic nitrogens is 7. The first kappa shape index (κ1) is 17.0. The number of rotatable bonds is 4. The van der Waals surface area contributed by atoms with Gasteiger partial charge in [0.05, 0.1) is 18.5 Å². The van der Waals surface area contributed by atoms with Crippen LogP contribution in [-0.2, 0) is 0 Å². The summed E-state index contributed by atoms with van der Waals surface area (Å²) in [5.41, 5.74) is 7.39. The number of azo groups is 1. The van der Waals surface area contributed by atoms with Gasteiger partial charge in [-0.05, 0) is 19.1 Å². The first-order valence-electron chi connectivity index (χ1n) is 8.09. The Bertz CT molecular complexity index is 1180. The summed E-state index contributed by atoms with van der Waals surface area (Å²) in [6.07, 6.45) is 6.00. The van der Waals surface area contributed by atoms with E-state index in [9.17, 15) is 0 Å². The molecule has 0 saturated carbocycles. The largest absolute Gasteiger partial charge is 0.382 e. The molecule has 4 rings (SSSR count). The first-order chi connectivity index (χ1) is 13.7. The Morgan fingerprint density at radius 2 is 1.93 bits per heavy atom. The van der Waals surface area contributed by atoms with E-state index in [2.05, 4.69) is 40.2 Å². The summed E-state index contributed by atoms with van der Waals surface area (Å²) in [5.74, 6) is 1.56. The van der Waals surface area contributed by atoms with E-state index >= 15 is 0 Å². The fourth-order valence-corrected chi connectivity index (χ4v) is 2.49. The molecule has 0 saturated heterocycles. The maximum Gasteiger partial charge on any atom is 0.252 e. The number of hydrogen-bond donors (Lipinski definition) is 1. The predicted octanol–water partition coefficient (Wildman–Crippen LogP) is 3.10. The Morgan fingerprint density at radius 3 is 2.64 bits per heavy atom. The zero-order valence-electron chi connectivity index (χ0n) is 14.7. The quantitative estimate of drug-likeness (QED) is 0.433. The zero-order chi connectivity index (χ0) is 19.5. The maximum atomic E-state index is 7.33. The normalized spacial score (nSPS) is 11.0. The molecule has 11 heteroatoms. The molecule has 0 aliphatic carbocycles. The Kier molecular flexibility index (Phi) is 4.27. The number of aryl methyl sites for hydroxylation is 1. The number of nitrogen functional groups attached to an aromatic ring is 1. The standard InChI is InChI=1S/C17H13N11/c1-11-15(16(18)27(26-11)13-5-3-4-7-21-13)24-25-17-12(19-2)9-23-28(17)14-6-8-20-10-22-14/h3-10H,18H2,1H3. The highest BCUT2D eigenvalue weighted by Gasteiger charge is 2.16. The Hall–Kier alpha value is -4.46. The average Bonchev–Trinajstić information content (AvgIpc) is 3.28. The molecule has 2 N–H and O–H groups in total. The molecule has 4 aromatic rings. The minimum Gasteiger partial charge on any atom is -0.382 e. The van der Waals surface area contributed by atoms with E-state index in [4.69, 9.17) is 12.3 Å². The van der Waals surface area contributed by atoms with Gasteiger partial charge < -0.3 is 5.73 Å². The summed E-state index contributed by atoms with van der Waals surface area (Å²) < 4.78 is 2.90. The van der Waals surface area contributed by atoms with Crippen LogP contribution in [0.2, 0.25) is 0 Å². The van der Waals surface area contributed by atoms with Gasteiger partial charge in [-0.3, -0.25) is 0 Å². The van der Waals surface area contributed by atoms with E-state index in [0.717, 1.165) is 0 Å². The van der Waals surface area contributed by atoms with Crippen LogP contribution >= 0.6 is 0 Å². The minimum atomic E-state index is 0.232. The van der Waals surface area contributed by atoms with Crippen molar-refractivity contribution in [1.29, 1.82) is 0 Å². The number of anilines is 1. The molecule has 0 radical (unpaired) electrons. The maximum absolute atomic E-state index is 7.33. The number of nitrogens with two attached hydrogens (primary N) is 1. The Balaban J connectivity index is 1.76. The van der Waals surface area contributed by atoms with Crippen LogP contribution in [-0.4, -0.2) is 34.5 Å². The topological polar surface area (TPSA) is 129 Å². The lowest BCUT2D eigenvalue weighted by Crippen LogP contribution is -2.03. The molecule has 136 valence electrons. The van der Waals surface area contributed by atoms with E-state index in [1.807, 2.05) is 6.07 Å². The van der Waals surface area contributed by atoms with Crippen molar-refractivity contribution in [2.75, 3.05) is 5.73 Å². The summed E-state index contributed by atoms with van der Waals surface area (Å²) in [7, 11) is 0. The third-order valence-electron chi connectivity index (χ3n) is 3.80. The van der Waals surface area contributed by atoms with Crippen molar-refractivity contribution in [3.8, 4) is 11.6 Å². The second-order valence-corrected chi connectivity index (χ2v) is 5.56. The van der Waals surface area contributed by atoms with Crippen LogP contribution < -0.4 is 5.73 Å². The third kappa shape index (κ3) is 2.95. The molecule has 28 heavy (non-hydrogen) atoms. The minimum absolute atomic E-state index is 0.232. The van der Waals surface area contributed by atoms with Crippen molar-refractivity contribution in [2.24, 2.45) is 10.2 Å². The van der Waals surface area contributed by atoms with Gasteiger partial charge in [-0.2, -0.15) is 14.9 Å². The van der Waals surface area contributed by atoms with Gasteiger partial charge in [0.25, 0.3) is 5.69 Å². The average molecular weight is 371 g/mol. The van der Waals surface area contributed by atoms with Gasteiger partial charge in [0.1, 0.15) is 6.33 Å². The van der Waals surface area contributed by atoms with Gasteiger partial charge >= 0.3 is 0 Å². The van der Waals surface area contributed by atoms with Crippen LogP contribution in [0.15, 0.2) is 59.4 Å². The van der Waals surface area contributed by atoms with E-state index in [1.165, 1.54) is 21.9 Å².